The Kier molecular flexibility index (Phi) is 3.81. The Labute approximate surface area is 109 Å². The van der Waals surface area contributed by atoms with E-state index in [0.29, 0.717) is 6.42 Å². The van der Waals surface area contributed by atoms with Crippen molar-refractivity contribution in [1.29, 1.82) is 0 Å². The molecule has 0 spiro atoms. The Morgan fingerprint density at radius 1 is 1.47 bits per heavy atom. The molecule has 17 heavy (non-hydrogen) atoms. The van der Waals surface area contributed by atoms with Crippen LogP contribution in [0.4, 0.5) is 5.82 Å². The van der Waals surface area contributed by atoms with Gasteiger partial charge in [0.25, 0.3) is 0 Å². The smallest absolute Gasteiger partial charge is 0.225 e. The maximum atomic E-state index is 9.33. The minimum absolute atomic E-state index is 0.129. The third-order valence-electron chi connectivity index (χ3n) is 2.38. The quantitative estimate of drug-likeness (QED) is 0.840. The lowest BCUT2D eigenvalue weighted by atomic mass is 10.1. The van der Waals surface area contributed by atoms with Crippen LogP contribution in [0.1, 0.15) is 20.3 Å². The minimum atomic E-state index is -0.340. The van der Waals surface area contributed by atoms with Gasteiger partial charge in [0, 0.05) is 6.04 Å². The Bertz CT molecular complexity index is 514. The maximum absolute atomic E-state index is 9.33. The first-order chi connectivity index (χ1) is 8.06. The predicted molar refractivity (Wildman–Crippen MR) is 71.8 cm³/mol. The number of thiophene rings is 1. The lowest BCUT2D eigenvalue weighted by molar-refractivity contribution is 0.179. The topological polar surface area (TPSA) is 58.0 Å². The number of aliphatic hydroxyl groups excluding tert-OH is 1. The molecule has 4 nitrogen and oxygen atoms in total. The molecule has 0 aliphatic heterocycles. The summed E-state index contributed by atoms with van der Waals surface area (Å²) in [6.07, 6.45) is 0.320. The summed E-state index contributed by atoms with van der Waals surface area (Å²) in [5.74, 6) is 0.731. The summed E-state index contributed by atoms with van der Waals surface area (Å²) in [7, 11) is 0. The van der Waals surface area contributed by atoms with E-state index in [1.54, 1.807) is 6.92 Å². The molecule has 2 unspecified atom stereocenters. The fourth-order valence-corrected chi connectivity index (χ4v) is 2.73. The average Bonchev–Trinajstić information content (AvgIpc) is 2.63. The van der Waals surface area contributed by atoms with Crippen molar-refractivity contribution >= 4 is 39.0 Å². The Morgan fingerprint density at radius 2 is 2.24 bits per heavy atom. The van der Waals surface area contributed by atoms with Gasteiger partial charge in [-0.15, -0.1) is 11.3 Å². The molecule has 92 valence electrons. The van der Waals surface area contributed by atoms with E-state index in [-0.39, 0.29) is 17.4 Å². The number of fused-ring (bicyclic) bond motifs is 1. The highest BCUT2D eigenvalue weighted by Gasteiger charge is 2.11. The molecular weight excluding hydrogens is 258 g/mol. The lowest BCUT2D eigenvalue weighted by Gasteiger charge is -2.16. The Hall–Kier alpha value is -0.910. The van der Waals surface area contributed by atoms with Crippen LogP contribution in [0.3, 0.4) is 0 Å². The zero-order valence-electron chi connectivity index (χ0n) is 9.64. The summed E-state index contributed by atoms with van der Waals surface area (Å²) < 4.78 is 0. The number of nitrogens with one attached hydrogen (secondary N) is 1. The Balaban J connectivity index is 2.25. The van der Waals surface area contributed by atoms with Crippen LogP contribution in [-0.2, 0) is 0 Å². The molecule has 0 radical (unpaired) electrons. The van der Waals surface area contributed by atoms with Crippen LogP contribution in [0.5, 0.6) is 0 Å². The second-order valence-corrected chi connectivity index (χ2v) is 5.34. The van der Waals surface area contributed by atoms with Gasteiger partial charge in [-0.05, 0) is 43.3 Å². The van der Waals surface area contributed by atoms with Gasteiger partial charge >= 0.3 is 0 Å². The van der Waals surface area contributed by atoms with E-state index < -0.39 is 0 Å². The molecule has 2 atom stereocenters. The highest BCUT2D eigenvalue weighted by Crippen LogP contribution is 2.27. The van der Waals surface area contributed by atoms with Crippen LogP contribution in [0, 0.1) is 0 Å². The van der Waals surface area contributed by atoms with Gasteiger partial charge in [0.05, 0.1) is 11.5 Å². The molecule has 0 amide bonds. The number of rotatable bonds is 4. The second kappa shape index (κ2) is 5.16. The number of nitrogens with zero attached hydrogens (tertiary/aromatic N) is 2. The van der Waals surface area contributed by atoms with Gasteiger partial charge in [-0.3, -0.25) is 0 Å². The number of aliphatic hydroxyl groups is 1. The number of hydrogen-bond acceptors (Lipinski definition) is 5. The van der Waals surface area contributed by atoms with Gasteiger partial charge in [0.1, 0.15) is 10.6 Å². The molecule has 0 fully saturated rings. The van der Waals surface area contributed by atoms with Crippen molar-refractivity contribution < 1.29 is 5.11 Å². The summed E-state index contributed by atoms with van der Waals surface area (Å²) >= 11 is 7.40. The van der Waals surface area contributed by atoms with Crippen LogP contribution in [-0.4, -0.2) is 27.2 Å². The number of hydrogen-bond donors (Lipinski definition) is 2. The predicted octanol–water partition coefficient (Wildman–Crippen LogP) is 2.92. The molecule has 2 aromatic heterocycles. The lowest BCUT2D eigenvalue weighted by Crippen LogP contribution is -2.21. The number of anilines is 1. The normalized spacial score (nSPS) is 14.8. The molecule has 6 heteroatoms. The third-order valence-corrected chi connectivity index (χ3v) is 3.35. The fourth-order valence-electron chi connectivity index (χ4n) is 1.74. The summed E-state index contributed by atoms with van der Waals surface area (Å²) in [5.41, 5.74) is 0. The molecule has 0 saturated heterocycles. The Morgan fingerprint density at radius 3 is 2.94 bits per heavy atom. The molecule has 0 aromatic carbocycles. The van der Waals surface area contributed by atoms with E-state index in [9.17, 15) is 5.11 Å². The second-order valence-electron chi connectivity index (χ2n) is 4.11. The van der Waals surface area contributed by atoms with Gasteiger partial charge in [0.15, 0.2) is 0 Å². The largest absolute Gasteiger partial charge is 0.393 e. The van der Waals surface area contributed by atoms with Crippen molar-refractivity contribution in [3.8, 4) is 0 Å². The van der Waals surface area contributed by atoms with E-state index in [1.165, 1.54) is 11.3 Å². The summed E-state index contributed by atoms with van der Waals surface area (Å²) in [5, 5.41) is 15.8. The number of aromatic nitrogens is 2. The molecule has 0 bridgehead atoms. The highest BCUT2D eigenvalue weighted by atomic mass is 35.5. The van der Waals surface area contributed by atoms with Crippen molar-refractivity contribution in [2.45, 2.75) is 32.4 Å². The molecule has 2 N–H and O–H groups in total. The van der Waals surface area contributed by atoms with Crippen LogP contribution >= 0.6 is 22.9 Å². The molecule has 2 heterocycles. The van der Waals surface area contributed by atoms with E-state index in [1.807, 2.05) is 18.4 Å². The monoisotopic (exact) mass is 271 g/mol. The van der Waals surface area contributed by atoms with E-state index >= 15 is 0 Å². The van der Waals surface area contributed by atoms with Crippen LogP contribution in [0.15, 0.2) is 11.4 Å². The van der Waals surface area contributed by atoms with Crippen LogP contribution < -0.4 is 5.32 Å². The molecule has 0 aliphatic carbocycles. The van der Waals surface area contributed by atoms with Crippen LogP contribution in [0.25, 0.3) is 10.2 Å². The van der Waals surface area contributed by atoms with Gasteiger partial charge in [-0.2, -0.15) is 0 Å². The molecular formula is C11H14ClN3OS. The van der Waals surface area contributed by atoms with Gasteiger partial charge in [0.2, 0.25) is 5.28 Å². The first kappa shape index (κ1) is 12.5. The third kappa shape index (κ3) is 3.06. The molecule has 2 rings (SSSR count). The zero-order valence-corrected chi connectivity index (χ0v) is 11.2. The summed E-state index contributed by atoms with van der Waals surface area (Å²) in [6.45, 7) is 3.77. The van der Waals surface area contributed by atoms with E-state index in [0.717, 1.165) is 16.0 Å². The SMILES string of the molecule is CC(O)CC(C)Nc1nc(Cl)nc2sccc12. The van der Waals surface area contributed by atoms with Crippen molar-refractivity contribution in [3.63, 3.8) is 0 Å². The standard InChI is InChI=1S/C11H14ClN3OS/c1-6(5-7(2)16)13-9-8-3-4-17-10(8)15-11(12)14-9/h3-4,6-7,16H,5H2,1-2H3,(H,13,14,15). The molecule has 2 aromatic rings. The van der Waals surface area contributed by atoms with Crippen molar-refractivity contribution in [2.24, 2.45) is 0 Å². The summed E-state index contributed by atoms with van der Waals surface area (Å²) in [4.78, 5) is 9.21. The summed E-state index contributed by atoms with van der Waals surface area (Å²) in [6, 6.07) is 2.09. The van der Waals surface area contributed by atoms with Gasteiger partial charge in [-0.25, -0.2) is 9.97 Å². The fraction of sp³-hybridized carbons (Fsp3) is 0.455. The van der Waals surface area contributed by atoms with Crippen molar-refractivity contribution in [2.75, 3.05) is 5.32 Å². The minimum Gasteiger partial charge on any atom is -0.393 e. The number of halogens is 1. The van der Waals surface area contributed by atoms with E-state index in [2.05, 4.69) is 15.3 Å². The first-order valence-electron chi connectivity index (χ1n) is 5.41. The van der Waals surface area contributed by atoms with Crippen molar-refractivity contribution in [3.05, 3.63) is 16.7 Å². The van der Waals surface area contributed by atoms with Gasteiger partial charge < -0.3 is 10.4 Å². The van der Waals surface area contributed by atoms with Crippen LogP contribution in [0.2, 0.25) is 5.28 Å². The first-order valence-corrected chi connectivity index (χ1v) is 6.67. The zero-order chi connectivity index (χ0) is 12.4. The van der Waals surface area contributed by atoms with E-state index in [4.69, 9.17) is 11.6 Å². The highest BCUT2D eigenvalue weighted by molar-refractivity contribution is 7.16. The maximum Gasteiger partial charge on any atom is 0.225 e. The molecule has 0 saturated carbocycles. The van der Waals surface area contributed by atoms with Crippen molar-refractivity contribution in [1.82, 2.24) is 9.97 Å². The average molecular weight is 272 g/mol. The van der Waals surface area contributed by atoms with Gasteiger partial charge in [-0.1, -0.05) is 0 Å². The molecule has 0 aliphatic rings.